The van der Waals surface area contributed by atoms with Crippen LogP contribution in [0, 0.1) is 5.92 Å². The molecule has 2 unspecified atom stereocenters. The summed E-state index contributed by atoms with van der Waals surface area (Å²) in [4.78, 5) is 11.8. The Morgan fingerprint density at radius 1 is 1.38 bits per heavy atom. The van der Waals surface area contributed by atoms with Crippen molar-refractivity contribution >= 4 is 17.5 Å². The van der Waals surface area contributed by atoms with Gasteiger partial charge in [0.25, 0.3) is 0 Å². The van der Waals surface area contributed by atoms with E-state index in [0.29, 0.717) is 30.3 Å². The van der Waals surface area contributed by atoms with Gasteiger partial charge in [0.1, 0.15) is 5.75 Å². The van der Waals surface area contributed by atoms with E-state index < -0.39 is 0 Å². The van der Waals surface area contributed by atoms with Crippen molar-refractivity contribution in [1.29, 1.82) is 0 Å². The van der Waals surface area contributed by atoms with E-state index in [9.17, 15) is 9.90 Å². The van der Waals surface area contributed by atoms with Gasteiger partial charge in [-0.1, -0.05) is 30.5 Å². The summed E-state index contributed by atoms with van der Waals surface area (Å²) in [6.07, 6.45) is 4.07. The number of benzene rings is 1. The minimum atomic E-state index is -0.276. The maximum atomic E-state index is 11.8. The molecule has 2 atom stereocenters. The second-order valence-corrected chi connectivity index (χ2v) is 5.91. The number of aliphatic hydroxyl groups is 1. The van der Waals surface area contributed by atoms with Crippen molar-refractivity contribution in [2.45, 2.75) is 38.2 Å². The van der Waals surface area contributed by atoms with Gasteiger partial charge >= 0.3 is 0 Å². The summed E-state index contributed by atoms with van der Waals surface area (Å²) in [7, 11) is 0. The van der Waals surface area contributed by atoms with E-state index in [1.807, 2.05) is 12.1 Å². The van der Waals surface area contributed by atoms with Crippen molar-refractivity contribution in [3.63, 3.8) is 0 Å². The Morgan fingerprint density at radius 2 is 2.19 bits per heavy atom. The predicted molar refractivity (Wildman–Crippen MR) is 82.5 cm³/mol. The zero-order valence-corrected chi connectivity index (χ0v) is 12.8. The number of rotatable bonds is 6. The van der Waals surface area contributed by atoms with Crippen molar-refractivity contribution in [1.82, 2.24) is 5.32 Å². The van der Waals surface area contributed by atoms with Crippen LogP contribution < -0.4 is 10.1 Å². The summed E-state index contributed by atoms with van der Waals surface area (Å²) in [5.41, 5.74) is 0. The molecule has 21 heavy (non-hydrogen) atoms. The van der Waals surface area contributed by atoms with Gasteiger partial charge in [0.2, 0.25) is 5.91 Å². The Hall–Kier alpha value is -1.26. The Kier molecular flexibility index (Phi) is 6.33. The van der Waals surface area contributed by atoms with Crippen molar-refractivity contribution in [2.75, 3.05) is 13.2 Å². The van der Waals surface area contributed by atoms with E-state index in [-0.39, 0.29) is 17.9 Å². The number of halogens is 1. The van der Waals surface area contributed by atoms with Gasteiger partial charge in [-0.05, 0) is 31.0 Å². The number of hydrogen-bond donors (Lipinski definition) is 2. The highest BCUT2D eigenvalue weighted by Crippen LogP contribution is 2.23. The van der Waals surface area contributed by atoms with Gasteiger partial charge in [-0.3, -0.25) is 4.79 Å². The lowest BCUT2D eigenvalue weighted by Crippen LogP contribution is -2.37. The first kappa shape index (κ1) is 16.1. The molecule has 1 fully saturated rings. The van der Waals surface area contributed by atoms with E-state index in [1.54, 1.807) is 12.1 Å². The zero-order chi connectivity index (χ0) is 15.1. The molecular formula is C16H22ClNO3. The molecule has 1 saturated carbocycles. The fraction of sp³-hybridized carbons (Fsp3) is 0.562. The lowest BCUT2D eigenvalue weighted by atomic mass is 9.86. The number of ether oxygens (including phenoxy) is 1. The van der Waals surface area contributed by atoms with Crippen LogP contribution in [0.15, 0.2) is 24.3 Å². The molecule has 0 radical (unpaired) electrons. The second-order valence-electron chi connectivity index (χ2n) is 5.47. The molecule has 1 aromatic carbocycles. The summed E-state index contributed by atoms with van der Waals surface area (Å²) in [6, 6.07) is 7.11. The van der Waals surface area contributed by atoms with Gasteiger partial charge in [-0.25, -0.2) is 0 Å². The van der Waals surface area contributed by atoms with Gasteiger partial charge in [-0.2, -0.15) is 0 Å². The standard InChI is InChI=1S/C16H22ClNO3/c17-13-5-3-6-14(10-13)21-9-8-16(20)18-11-12-4-1-2-7-15(12)19/h3,5-6,10,12,15,19H,1-2,4,7-9,11H2,(H,18,20). The fourth-order valence-corrected chi connectivity index (χ4v) is 2.76. The first-order chi connectivity index (χ1) is 10.1. The lowest BCUT2D eigenvalue weighted by Gasteiger charge is -2.27. The first-order valence-electron chi connectivity index (χ1n) is 7.48. The Bertz CT molecular complexity index is 467. The van der Waals surface area contributed by atoms with Crippen LogP contribution in [-0.4, -0.2) is 30.3 Å². The lowest BCUT2D eigenvalue weighted by molar-refractivity contribution is -0.122. The average molecular weight is 312 g/mol. The molecule has 0 spiro atoms. The maximum absolute atomic E-state index is 11.8. The monoisotopic (exact) mass is 311 g/mol. The van der Waals surface area contributed by atoms with Gasteiger partial charge < -0.3 is 15.2 Å². The van der Waals surface area contributed by atoms with Crippen LogP contribution in [0.4, 0.5) is 0 Å². The zero-order valence-electron chi connectivity index (χ0n) is 12.1. The molecule has 5 heteroatoms. The third-order valence-corrected chi connectivity index (χ3v) is 4.06. The number of amides is 1. The highest BCUT2D eigenvalue weighted by Gasteiger charge is 2.23. The molecule has 2 rings (SSSR count). The van der Waals surface area contributed by atoms with Gasteiger partial charge in [0.15, 0.2) is 0 Å². The Morgan fingerprint density at radius 3 is 2.95 bits per heavy atom. The molecule has 0 aromatic heterocycles. The van der Waals surface area contributed by atoms with Crippen LogP contribution >= 0.6 is 11.6 Å². The molecule has 2 N–H and O–H groups in total. The summed E-state index contributed by atoms with van der Waals surface area (Å²) in [5.74, 6) is 0.810. The smallest absolute Gasteiger partial charge is 0.223 e. The van der Waals surface area contributed by atoms with Gasteiger partial charge in [0, 0.05) is 17.5 Å². The molecule has 116 valence electrons. The van der Waals surface area contributed by atoms with Crippen molar-refractivity contribution in [2.24, 2.45) is 5.92 Å². The molecule has 1 aliphatic carbocycles. The molecule has 4 nitrogen and oxygen atoms in total. The van der Waals surface area contributed by atoms with Crippen LogP contribution in [0.2, 0.25) is 5.02 Å². The number of aliphatic hydroxyl groups excluding tert-OH is 1. The molecule has 1 aliphatic rings. The largest absolute Gasteiger partial charge is 0.493 e. The van der Waals surface area contributed by atoms with Crippen molar-refractivity contribution < 1.29 is 14.6 Å². The van der Waals surface area contributed by atoms with Gasteiger partial charge in [0.05, 0.1) is 19.1 Å². The third-order valence-electron chi connectivity index (χ3n) is 3.82. The van der Waals surface area contributed by atoms with Crippen molar-refractivity contribution in [3.8, 4) is 5.75 Å². The quantitative estimate of drug-likeness (QED) is 0.849. The summed E-state index contributed by atoms with van der Waals surface area (Å²) < 4.78 is 5.48. The van der Waals surface area contributed by atoms with E-state index >= 15 is 0 Å². The summed E-state index contributed by atoms with van der Waals surface area (Å²) >= 11 is 5.85. The van der Waals surface area contributed by atoms with E-state index in [0.717, 1.165) is 25.7 Å². The molecule has 1 aromatic rings. The number of carbonyl (C=O) groups excluding carboxylic acids is 1. The average Bonchev–Trinajstić information content (AvgIpc) is 2.46. The number of carbonyl (C=O) groups is 1. The fourth-order valence-electron chi connectivity index (χ4n) is 2.58. The van der Waals surface area contributed by atoms with E-state index in [1.165, 1.54) is 0 Å². The normalized spacial score (nSPS) is 21.8. The summed E-state index contributed by atoms with van der Waals surface area (Å²) in [5, 5.41) is 13.3. The molecule has 0 heterocycles. The minimum Gasteiger partial charge on any atom is -0.493 e. The molecule has 1 amide bonds. The highest BCUT2D eigenvalue weighted by atomic mass is 35.5. The van der Waals surface area contributed by atoms with Crippen LogP contribution in [0.1, 0.15) is 32.1 Å². The topological polar surface area (TPSA) is 58.6 Å². The number of nitrogens with one attached hydrogen (secondary N) is 1. The van der Waals surface area contributed by atoms with E-state index in [4.69, 9.17) is 16.3 Å². The Balaban J connectivity index is 1.63. The van der Waals surface area contributed by atoms with Crippen LogP contribution in [0.3, 0.4) is 0 Å². The molecule has 0 aliphatic heterocycles. The third kappa shape index (κ3) is 5.56. The molecular weight excluding hydrogens is 290 g/mol. The second kappa shape index (κ2) is 8.25. The molecule has 0 saturated heterocycles. The van der Waals surface area contributed by atoms with Crippen molar-refractivity contribution in [3.05, 3.63) is 29.3 Å². The van der Waals surface area contributed by atoms with Crippen LogP contribution in [0.25, 0.3) is 0 Å². The highest BCUT2D eigenvalue weighted by molar-refractivity contribution is 6.30. The SMILES string of the molecule is O=C(CCOc1cccc(Cl)c1)NCC1CCCCC1O. The molecule has 0 bridgehead atoms. The first-order valence-corrected chi connectivity index (χ1v) is 7.86. The van der Waals surface area contributed by atoms with E-state index in [2.05, 4.69) is 5.32 Å². The Labute approximate surface area is 130 Å². The van der Waals surface area contributed by atoms with Gasteiger partial charge in [-0.15, -0.1) is 0 Å². The predicted octanol–water partition coefficient (Wildman–Crippen LogP) is 2.78. The van der Waals surface area contributed by atoms with Crippen LogP contribution in [0.5, 0.6) is 5.75 Å². The minimum absolute atomic E-state index is 0.0465. The number of hydrogen-bond acceptors (Lipinski definition) is 3. The summed E-state index contributed by atoms with van der Waals surface area (Å²) in [6.45, 7) is 0.872. The van der Waals surface area contributed by atoms with Crippen LogP contribution in [-0.2, 0) is 4.79 Å². The maximum Gasteiger partial charge on any atom is 0.223 e.